The van der Waals surface area contributed by atoms with E-state index in [0.29, 0.717) is 0 Å². The van der Waals surface area contributed by atoms with Crippen LogP contribution in [0.2, 0.25) is 0 Å². The van der Waals surface area contributed by atoms with E-state index < -0.39 is 0 Å². The summed E-state index contributed by atoms with van der Waals surface area (Å²) in [6.45, 7) is 0. The van der Waals surface area contributed by atoms with Gasteiger partial charge in [-0.15, -0.1) is 0 Å². The van der Waals surface area contributed by atoms with Crippen molar-refractivity contribution in [2.45, 2.75) is 0 Å². The molecule has 0 saturated carbocycles. The SMILES string of the molecule is C[n+]1cc2cc3ccccc3cc2cc1I. The molecule has 78 valence electrons. The molecule has 0 aliphatic heterocycles. The van der Waals surface area contributed by atoms with E-state index in [0.717, 1.165) is 0 Å². The zero-order valence-electron chi connectivity index (χ0n) is 8.94. The smallest absolute Gasteiger partial charge is 0.196 e. The Morgan fingerprint density at radius 2 is 1.50 bits per heavy atom. The molecule has 0 aliphatic carbocycles. The summed E-state index contributed by atoms with van der Waals surface area (Å²) in [5.41, 5.74) is 0. The van der Waals surface area contributed by atoms with Crippen molar-refractivity contribution in [3.63, 3.8) is 0 Å². The number of hydrogen-bond acceptors (Lipinski definition) is 0. The average molecular weight is 320 g/mol. The molecule has 2 heteroatoms. The Bertz CT molecular complexity index is 629. The highest BCUT2D eigenvalue weighted by Crippen LogP contribution is 2.22. The second-order valence-electron chi connectivity index (χ2n) is 4.04. The van der Waals surface area contributed by atoms with Crippen LogP contribution in [0.4, 0.5) is 0 Å². The van der Waals surface area contributed by atoms with Gasteiger partial charge in [0.05, 0.1) is 0 Å². The second kappa shape index (κ2) is 3.70. The van der Waals surface area contributed by atoms with E-state index in [1.807, 2.05) is 0 Å². The maximum atomic E-state index is 2.36. The van der Waals surface area contributed by atoms with Gasteiger partial charge >= 0.3 is 0 Å². The zero-order valence-corrected chi connectivity index (χ0v) is 11.1. The van der Waals surface area contributed by atoms with E-state index in [-0.39, 0.29) is 0 Å². The third-order valence-electron chi connectivity index (χ3n) is 2.90. The fourth-order valence-electron chi connectivity index (χ4n) is 2.01. The Kier molecular flexibility index (Phi) is 2.32. The molecule has 0 radical (unpaired) electrons. The van der Waals surface area contributed by atoms with Gasteiger partial charge in [-0.25, -0.2) is 0 Å². The van der Waals surface area contributed by atoms with Crippen LogP contribution in [0.25, 0.3) is 21.5 Å². The zero-order chi connectivity index (χ0) is 11.1. The van der Waals surface area contributed by atoms with Crippen LogP contribution in [0.5, 0.6) is 0 Å². The van der Waals surface area contributed by atoms with E-state index in [2.05, 4.69) is 82.9 Å². The van der Waals surface area contributed by atoms with Gasteiger partial charge in [0, 0.05) is 34.0 Å². The lowest BCUT2D eigenvalue weighted by Gasteiger charge is -2.01. The number of halogens is 1. The van der Waals surface area contributed by atoms with Gasteiger partial charge in [0.1, 0.15) is 7.05 Å². The van der Waals surface area contributed by atoms with Crippen LogP contribution in [-0.2, 0) is 7.05 Å². The maximum absolute atomic E-state index is 2.36. The van der Waals surface area contributed by atoms with Crippen molar-refractivity contribution in [2.75, 3.05) is 0 Å². The standard InChI is InChI=1S/C14H11IN/c1-16-9-13-7-11-5-3-2-4-10(11)6-12(13)8-14(16)15/h2-9H,1H3/q+1. The molecule has 0 aliphatic rings. The number of fused-ring (bicyclic) bond motifs is 2. The number of aryl methyl sites for hydroxylation is 1. The Labute approximate surface area is 108 Å². The van der Waals surface area contributed by atoms with Gasteiger partial charge in [-0.3, -0.25) is 0 Å². The van der Waals surface area contributed by atoms with E-state index in [1.54, 1.807) is 0 Å². The Morgan fingerprint density at radius 1 is 0.875 bits per heavy atom. The highest BCUT2D eigenvalue weighted by atomic mass is 127. The van der Waals surface area contributed by atoms with Gasteiger partial charge < -0.3 is 0 Å². The first-order valence-corrected chi connectivity index (χ1v) is 6.29. The minimum atomic E-state index is 1.25. The molecule has 16 heavy (non-hydrogen) atoms. The highest BCUT2D eigenvalue weighted by molar-refractivity contribution is 14.1. The van der Waals surface area contributed by atoms with Crippen LogP contribution in [-0.4, -0.2) is 0 Å². The molecule has 1 aromatic heterocycles. The molecule has 3 rings (SSSR count). The molecule has 0 N–H and O–H groups in total. The van der Waals surface area contributed by atoms with E-state index in [1.165, 1.54) is 25.2 Å². The van der Waals surface area contributed by atoms with Gasteiger partial charge in [-0.1, -0.05) is 24.3 Å². The van der Waals surface area contributed by atoms with Crippen LogP contribution in [0.15, 0.2) is 48.7 Å². The van der Waals surface area contributed by atoms with Crippen molar-refractivity contribution < 1.29 is 4.57 Å². The Balaban J connectivity index is 2.46. The van der Waals surface area contributed by atoms with E-state index in [9.17, 15) is 0 Å². The van der Waals surface area contributed by atoms with Crippen molar-refractivity contribution in [1.29, 1.82) is 0 Å². The number of aromatic nitrogens is 1. The molecule has 1 heterocycles. The van der Waals surface area contributed by atoms with Crippen LogP contribution < -0.4 is 4.57 Å². The Hall–Kier alpha value is -1.16. The first kappa shape index (κ1) is 10.0. The quantitative estimate of drug-likeness (QED) is 0.259. The summed E-state index contributed by atoms with van der Waals surface area (Å²) in [7, 11) is 2.08. The molecule has 0 fully saturated rings. The molecule has 2 aromatic carbocycles. The van der Waals surface area contributed by atoms with Crippen LogP contribution in [0.1, 0.15) is 0 Å². The number of hydrogen-bond donors (Lipinski definition) is 0. The van der Waals surface area contributed by atoms with Crippen molar-refractivity contribution in [1.82, 2.24) is 0 Å². The maximum Gasteiger partial charge on any atom is 0.241 e. The van der Waals surface area contributed by atoms with Gasteiger partial charge in [0.15, 0.2) is 6.20 Å². The number of nitrogens with zero attached hydrogens (tertiary/aromatic N) is 1. The third-order valence-corrected chi connectivity index (χ3v) is 3.97. The lowest BCUT2D eigenvalue weighted by molar-refractivity contribution is -0.682. The van der Waals surface area contributed by atoms with Gasteiger partial charge in [0.2, 0.25) is 3.70 Å². The molecule has 3 aromatic rings. The Morgan fingerprint density at radius 3 is 2.19 bits per heavy atom. The monoisotopic (exact) mass is 320 g/mol. The summed E-state index contributed by atoms with van der Waals surface area (Å²) in [6, 6.07) is 15.2. The summed E-state index contributed by atoms with van der Waals surface area (Å²) in [4.78, 5) is 0. The first-order chi connectivity index (χ1) is 7.74. The van der Waals surface area contributed by atoms with Crippen LogP contribution in [0.3, 0.4) is 0 Å². The highest BCUT2D eigenvalue weighted by Gasteiger charge is 2.06. The minimum absolute atomic E-state index is 1.25. The van der Waals surface area contributed by atoms with Crippen LogP contribution >= 0.6 is 22.6 Å². The predicted octanol–water partition coefficient (Wildman–Crippen LogP) is 3.42. The van der Waals surface area contributed by atoms with Gasteiger partial charge in [-0.2, -0.15) is 4.57 Å². The number of benzene rings is 2. The summed E-state index contributed by atoms with van der Waals surface area (Å²) < 4.78 is 3.40. The number of pyridine rings is 1. The lowest BCUT2D eigenvalue weighted by Crippen LogP contribution is -2.31. The predicted molar refractivity (Wildman–Crippen MR) is 75.3 cm³/mol. The molecule has 0 bridgehead atoms. The van der Waals surface area contributed by atoms with Gasteiger partial charge in [-0.05, 0) is 28.3 Å². The number of rotatable bonds is 0. The fraction of sp³-hybridized carbons (Fsp3) is 0.0714. The fourth-order valence-corrected chi connectivity index (χ4v) is 2.49. The minimum Gasteiger partial charge on any atom is -0.196 e. The largest absolute Gasteiger partial charge is 0.241 e. The molecular formula is C14H11IN+. The second-order valence-corrected chi connectivity index (χ2v) is 5.14. The van der Waals surface area contributed by atoms with Crippen molar-refractivity contribution in [3.8, 4) is 0 Å². The molecule has 1 nitrogen and oxygen atoms in total. The molecule has 0 unspecified atom stereocenters. The van der Waals surface area contributed by atoms with Crippen molar-refractivity contribution in [3.05, 3.63) is 52.4 Å². The summed E-state index contributed by atoms with van der Waals surface area (Å²) >= 11 is 2.36. The van der Waals surface area contributed by atoms with Crippen LogP contribution in [0, 0.1) is 3.70 Å². The molecule has 0 amide bonds. The van der Waals surface area contributed by atoms with Gasteiger partial charge in [0.25, 0.3) is 0 Å². The third kappa shape index (κ3) is 1.57. The summed E-state index contributed by atoms with van der Waals surface area (Å²) in [6.07, 6.45) is 2.18. The molecular weight excluding hydrogens is 309 g/mol. The average Bonchev–Trinajstić information content (AvgIpc) is 2.28. The normalized spacial score (nSPS) is 11.1. The van der Waals surface area contributed by atoms with Crippen molar-refractivity contribution >= 4 is 44.1 Å². The van der Waals surface area contributed by atoms with E-state index >= 15 is 0 Å². The van der Waals surface area contributed by atoms with E-state index in [4.69, 9.17) is 0 Å². The first-order valence-electron chi connectivity index (χ1n) is 5.22. The topological polar surface area (TPSA) is 3.88 Å². The molecule has 0 spiro atoms. The lowest BCUT2D eigenvalue weighted by atomic mass is 10.1. The summed E-state index contributed by atoms with van der Waals surface area (Å²) in [5.74, 6) is 0. The molecule has 0 saturated heterocycles. The molecule has 0 atom stereocenters. The summed E-state index contributed by atoms with van der Waals surface area (Å²) in [5, 5.41) is 5.21. The van der Waals surface area contributed by atoms with Crippen molar-refractivity contribution in [2.24, 2.45) is 7.05 Å².